The van der Waals surface area contributed by atoms with Crippen molar-refractivity contribution in [2.45, 2.75) is 81.9 Å². The van der Waals surface area contributed by atoms with Crippen LogP contribution in [0.3, 0.4) is 0 Å². The van der Waals surface area contributed by atoms with Gasteiger partial charge >= 0.3 is 0 Å². The lowest BCUT2D eigenvalue weighted by Gasteiger charge is -2.58. The van der Waals surface area contributed by atoms with Crippen LogP contribution in [0.5, 0.6) is 0 Å². The van der Waals surface area contributed by atoms with Gasteiger partial charge in [-0.25, -0.2) is 0 Å². The zero-order valence-electron chi connectivity index (χ0n) is 18.5. The Balaban J connectivity index is 1.62. The highest BCUT2D eigenvalue weighted by molar-refractivity contribution is 5.34. The minimum Gasteiger partial charge on any atom is -0.392 e. The second-order valence-corrected chi connectivity index (χ2v) is 10.6. The molecule has 4 heterocycles. The number of aliphatic hydroxyl groups is 2. The molecule has 0 aromatic rings. The van der Waals surface area contributed by atoms with Gasteiger partial charge in [0.25, 0.3) is 0 Å². The Labute approximate surface area is 182 Å². The number of allylic oxidation sites excluding steroid dienone is 3. The molecule has 6 atom stereocenters. The molecule has 0 amide bonds. The summed E-state index contributed by atoms with van der Waals surface area (Å²) in [7, 11) is 0. The summed E-state index contributed by atoms with van der Waals surface area (Å²) in [5.41, 5.74) is 0.320. The summed E-state index contributed by atoms with van der Waals surface area (Å²) in [5.74, 6) is 0.409. The van der Waals surface area contributed by atoms with Gasteiger partial charge < -0.3 is 15.1 Å². The van der Waals surface area contributed by atoms with Crippen LogP contribution in [0, 0.1) is 11.3 Å². The van der Waals surface area contributed by atoms with Gasteiger partial charge in [-0.05, 0) is 101 Å². The van der Waals surface area contributed by atoms with E-state index in [2.05, 4.69) is 40.2 Å². The maximum Gasteiger partial charge on any atom is 0.0995 e. The molecule has 3 bridgehead atoms. The van der Waals surface area contributed by atoms with E-state index in [1.54, 1.807) is 0 Å². The highest BCUT2D eigenvalue weighted by Crippen LogP contribution is 2.59. The molecule has 4 aliphatic heterocycles. The van der Waals surface area contributed by atoms with E-state index in [1.807, 2.05) is 0 Å². The van der Waals surface area contributed by atoms with Crippen LogP contribution < -0.4 is 0 Å². The first kappa shape index (κ1) is 20.9. The first-order chi connectivity index (χ1) is 14.7. The van der Waals surface area contributed by atoms with Crippen LogP contribution in [-0.4, -0.2) is 70.5 Å². The SMILES string of the molecule is OCC1=C[C@]2(O)CC/C=C\CCCCN3CC[C@H]1[C@@]1(C[C@H]4/C=C\CCCCN4[C@@H]12)C3. The number of nitrogens with zero attached hydrogens (tertiary/aromatic N) is 2. The van der Waals surface area contributed by atoms with Gasteiger partial charge in [0, 0.05) is 18.0 Å². The highest BCUT2D eigenvalue weighted by Gasteiger charge is 2.65. The fourth-order valence-corrected chi connectivity index (χ4v) is 7.66. The Morgan fingerprint density at radius 1 is 0.967 bits per heavy atom. The van der Waals surface area contributed by atoms with Gasteiger partial charge in [-0.1, -0.05) is 24.3 Å². The average molecular weight is 413 g/mol. The van der Waals surface area contributed by atoms with Crippen molar-refractivity contribution in [3.8, 4) is 0 Å². The van der Waals surface area contributed by atoms with Crippen molar-refractivity contribution in [1.82, 2.24) is 9.80 Å². The number of hydrogen-bond acceptors (Lipinski definition) is 4. The van der Waals surface area contributed by atoms with E-state index in [1.165, 1.54) is 38.6 Å². The number of piperidine rings is 1. The molecule has 0 radical (unpaired) electrons. The zero-order valence-corrected chi connectivity index (χ0v) is 18.5. The molecule has 4 nitrogen and oxygen atoms in total. The van der Waals surface area contributed by atoms with E-state index in [0.29, 0.717) is 12.0 Å². The maximum absolute atomic E-state index is 12.2. The Bertz CT molecular complexity index is 716. The molecule has 0 aromatic carbocycles. The standard InChI is InChI=1S/C26H40N2O2/c29-19-21-17-26(30)13-8-4-1-2-5-9-14-27-16-12-23(21)25(20-27)18-22-11-7-3-6-10-15-28(22)24(25)26/h1,4,7,11,17,22-24,29-30H,2-3,5-6,8-10,12-16,18-20H2/b4-1-,11-7-/t22-,23-,24+,25-,26-/m1/s1. The van der Waals surface area contributed by atoms with Crippen molar-refractivity contribution in [3.63, 3.8) is 0 Å². The molecule has 166 valence electrons. The number of hydrogen-bond donors (Lipinski definition) is 2. The molecule has 0 aromatic heterocycles. The van der Waals surface area contributed by atoms with Gasteiger partial charge in [-0.3, -0.25) is 4.90 Å². The Morgan fingerprint density at radius 3 is 2.63 bits per heavy atom. The first-order valence-corrected chi connectivity index (χ1v) is 12.5. The molecule has 1 spiro atoms. The minimum absolute atomic E-state index is 0.0525. The van der Waals surface area contributed by atoms with Gasteiger partial charge in [-0.15, -0.1) is 0 Å². The van der Waals surface area contributed by atoms with Crippen LogP contribution in [0.1, 0.15) is 64.2 Å². The maximum atomic E-state index is 12.2. The third-order valence-electron chi connectivity index (χ3n) is 8.74. The minimum atomic E-state index is -0.849. The molecule has 2 saturated heterocycles. The van der Waals surface area contributed by atoms with Crippen molar-refractivity contribution in [3.05, 3.63) is 36.0 Å². The van der Waals surface area contributed by atoms with Crippen LogP contribution in [-0.2, 0) is 0 Å². The fourth-order valence-electron chi connectivity index (χ4n) is 7.66. The fraction of sp³-hybridized carbons (Fsp3) is 0.769. The summed E-state index contributed by atoms with van der Waals surface area (Å²) >= 11 is 0. The topological polar surface area (TPSA) is 46.9 Å². The van der Waals surface area contributed by atoms with Crippen LogP contribution in [0.4, 0.5) is 0 Å². The van der Waals surface area contributed by atoms with E-state index in [-0.39, 0.29) is 18.1 Å². The molecule has 4 heteroatoms. The lowest BCUT2D eigenvalue weighted by Crippen LogP contribution is -2.66. The number of aliphatic hydroxyl groups excluding tert-OH is 1. The third kappa shape index (κ3) is 3.54. The van der Waals surface area contributed by atoms with Crippen molar-refractivity contribution < 1.29 is 10.2 Å². The van der Waals surface area contributed by atoms with Gasteiger partial charge in [-0.2, -0.15) is 0 Å². The van der Waals surface area contributed by atoms with Crippen LogP contribution in [0.15, 0.2) is 36.0 Å². The monoisotopic (exact) mass is 412 g/mol. The highest BCUT2D eigenvalue weighted by atomic mass is 16.3. The summed E-state index contributed by atoms with van der Waals surface area (Å²) in [6, 6.07) is 0.592. The molecular weight excluding hydrogens is 372 g/mol. The van der Waals surface area contributed by atoms with E-state index in [9.17, 15) is 10.2 Å². The summed E-state index contributed by atoms with van der Waals surface area (Å²) in [6.07, 6.45) is 22.8. The van der Waals surface area contributed by atoms with Crippen molar-refractivity contribution in [1.29, 1.82) is 0 Å². The second kappa shape index (κ2) is 8.54. The molecular formula is C26H40N2O2. The van der Waals surface area contributed by atoms with Crippen LogP contribution in [0.2, 0.25) is 0 Å². The normalized spacial score (nSPS) is 46.8. The molecule has 5 rings (SSSR count). The number of fused-ring (bicyclic) bond motifs is 2. The largest absolute Gasteiger partial charge is 0.392 e. The van der Waals surface area contributed by atoms with Crippen molar-refractivity contribution in [2.24, 2.45) is 11.3 Å². The lowest BCUT2D eigenvalue weighted by molar-refractivity contribution is -0.0985. The first-order valence-electron chi connectivity index (χ1n) is 12.5. The van der Waals surface area contributed by atoms with Gasteiger partial charge in [0.2, 0.25) is 0 Å². The molecule has 0 saturated carbocycles. The van der Waals surface area contributed by atoms with E-state index in [0.717, 1.165) is 57.3 Å². The molecule has 2 fully saturated rings. The molecule has 2 N–H and O–H groups in total. The summed E-state index contributed by atoms with van der Waals surface area (Å²) in [6.45, 7) is 4.57. The lowest BCUT2D eigenvalue weighted by atomic mass is 9.55. The quantitative estimate of drug-likeness (QED) is 0.645. The smallest absolute Gasteiger partial charge is 0.0995 e. The van der Waals surface area contributed by atoms with Gasteiger partial charge in [0.15, 0.2) is 0 Å². The molecule has 5 aliphatic rings. The Hall–Kier alpha value is -0.940. The van der Waals surface area contributed by atoms with Gasteiger partial charge in [0.1, 0.15) is 0 Å². The predicted molar refractivity (Wildman–Crippen MR) is 121 cm³/mol. The van der Waals surface area contributed by atoms with Crippen LogP contribution in [0.25, 0.3) is 0 Å². The summed E-state index contributed by atoms with van der Waals surface area (Å²) in [5, 5.41) is 22.6. The zero-order chi connectivity index (χ0) is 20.6. The van der Waals surface area contributed by atoms with Crippen molar-refractivity contribution >= 4 is 0 Å². The molecule has 1 unspecified atom stereocenters. The van der Waals surface area contributed by atoms with E-state index >= 15 is 0 Å². The molecule has 30 heavy (non-hydrogen) atoms. The van der Waals surface area contributed by atoms with E-state index < -0.39 is 5.60 Å². The number of rotatable bonds is 1. The predicted octanol–water partition coefficient (Wildman–Crippen LogP) is 3.66. The third-order valence-corrected chi connectivity index (χ3v) is 8.74. The van der Waals surface area contributed by atoms with Gasteiger partial charge in [0.05, 0.1) is 18.2 Å². The molecule has 1 aliphatic carbocycles. The summed E-state index contributed by atoms with van der Waals surface area (Å²) in [4.78, 5) is 5.37. The second-order valence-electron chi connectivity index (χ2n) is 10.6. The van der Waals surface area contributed by atoms with E-state index in [4.69, 9.17) is 0 Å². The Morgan fingerprint density at radius 2 is 1.77 bits per heavy atom. The van der Waals surface area contributed by atoms with Crippen LogP contribution >= 0.6 is 0 Å². The Kier molecular flexibility index (Phi) is 5.96. The average Bonchev–Trinajstić information content (AvgIpc) is 3.01. The summed E-state index contributed by atoms with van der Waals surface area (Å²) < 4.78 is 0. The van der Waals surface area contributed by atoms with Crippen molar-refractivity contribution in [2.75, 3.05) is 32.8 Å².